The molecular weight excluding hydrogens is 312 g/mol. The number of methoxy groups -OCH3 is 1. The van der Waals surface area contributed by atoms with Gasteiger partial charge in [-0.05, 0) is 49.6 Å². The number of para-hydroxylation sites is 2. The van der Waals surface area contributed by atoms with Crippen LogP contribution >= 0.6 is 0 Å². The fourth-order valence-corrected chi connectivity index (χ4v) is 2.65. The Labute approximate surface area is 150 Å². The van der Waals surface area contributed by atoms with Gasteiger partial charge in [0, 0.05) is 5.69 Å². The average Bonchev–Trinajstić information content (AvgIpc) is 2.63. The van der Waals surface area contributed by atoms with Crippen molar-refractivity contribution in [3.63, 3.8) is 0 Å². The topological polar surface area (TPSA) is 50.4 Å². The zero-order chi connectivity index (χ0) is 18.1. The molecule has 4 nitrogen and oxygen atoms in total. The van der Waals surface area contributed by atoms with Gasteiger partial charge < -0.3 is 15.4 Å². The first-order chi connectivity index (χ1) is 12.1. The zero-order valence-corrected chi connectivity index (χ0v) is 15.3. The fourth-order valence-electron chi connectivity index (χ4n) is 2.65. The maximum absolute atomic E-state index is 12.4. The molecule has 134 valence electrons. The summed E-state index contributed by atoms with van der Waals surface area (Å²) >= 11 is 0. The lowest BCUT2D eigenvalue weighted by Crippen LogP contribution is -2.31. The average molecular weight is 340 g/mol. The van der Waals surface area contributed by atoms with Crippen LogP contribution in [-0.2, 0) is 11.2 Å². The Morgan fingerprint density at radius 1 is 1.08 bits per heavy atom. The summed E-state index contributed by atoms with van der Waals surface area (Å²) in [6.07, 6.45) is 4.83. The van der Waals surface area contributed by atoms with Gasteiger partial charge in [-0.15, -0.1) is 0 Å². The van der Waals surface area contributed by atoms with Crippen molar-refractivity contribution in [2.24, 2.45) is 0 Å². The molecule has 0 bridgehead atoms. The minimum absolute atomic E-state index is 0.100. The van der Waals surface area contributed by atoms with Crippen LogP contribution in [0.2, 0.25) is 0 Å². The van der Waals surface area contributed by atoms with Crippen LogP contribution in [0.4, 0.5) is 11.4 Å². The third kappa shape index (κ3) is 5.82. The summed E-state index contributed by atoms with van der Waals surface area (Å²) in [5.41, 5.74) is 2.96. The van der Waals surface area contributed by atoms with Crippen LogP contribution in [0.15, 0.2) is 48.5 Å². The molecule has 0 saturated heterocycles. The van der Waals surface area contributed by atoms with Crippen LogP contribution in [-0.4, -0.2) is 19.1 Å². The number of rotatable bonds is 9. The summed E-state index contributed by atoms with van der Waals surface area (Å²) in [7, 11) is 1.59. The van der Waals surface area contributed by atoms with Gasteiger partial charge in [0.15, 0.2) is 0 Å². The highest BCUT2D eigenvalue weighted by atomic mass is 16.5. The van der Waals surface area contributed by atoms with Gasteiger partial charge in [-0.1, -0.05) is 44.0 Å². The Balaban J connectivity index is 1.90. The fraction of sp³-hybridized carbons (Fsp3) is 0.381. The van der Waals surface area contributed by atoms with E-state index < -0.39 is 0 Å². The Bertz CT molecular complexity index is 668. The van der Waals surface area contributed by atoms with Gasteiger partial charge in [-0.25, -0.2) is 0 Å². The van der Waals surface area contributed by atoms with Gasteiger partial charge in [0.1, 0.15) is 11.8 Å². The highest BCUT2D eigenvalue weighted by Crippen LogP contribution is 2.23. The SMILES string of the molecule is CCCCCc1ccc(N[C@@H](C)C(=O)Nc2ccccc2OC)cc1. The van der Waals surface area contributed by atoms with Crippen molar-refractivity contribution >= 4 is 17.3 Å². The molecule has 2 N–H and O–H groups in total. The second-order valence-electron chi connectivity index (χ2n) is 6.21. The summed E-state index contributed by atoms with van der Waals surface area (Å²) in [5, 5.41) is 6.14. The van der Waals surface area contributed by atoms with Crippen LogP contribution in [0, 0.1) is 0 Å². The first kappa shape index (κ1) is 18.8. The Hall–Kier alpha value is -2.49. The molecule has 2 aromatic rings. The van der Waals surface area contributed by atoms with E-state index in [0.29, 0.717) is 11.4 Å². The summed E-state index contributed by atoms with van der Waals surface area (Å²) < 4.78 is 5.26. The molecule has 0 radical (unpaired) electrons. The van der Waals surface area contributed by atoms with Crippen molar-refractivity contribution in [1.29, 1.82) is 0 Å². The lowest BCUT2D eigenvalue weighted by Gasteiger charge is -2.17. The number of hydrogen-bond acceptors (Lipinski definition) is 3. The smallest absolute Gasteiger partial charge is 0.246 e. The maximum Gasteiger partial charge on any atom is 0.246 e. The molecule has 0 heterocycles. The zero-order valence-electron chi connectivity index (χ0n) is 15.3. The van der Waals surface area contributed by atoms with E-state index in [9.17, 15) is 4.79 Å². The number of ether oxygens (including phenoxy) is 1. The Morgan fingerprint density at radius 2 is 1.80 bits per heavy atom. The van der Waals surface area contributed by atoms with Crippen LogP contribution < -0.4 is 15.4 Å². The first-order valence-corrected chi connectivity index (χ1v) is 8.93. The number of carbonyl (C=O) groups excluding carboxylic acids is 1. The van der Waals surface area contributed by atoms with Gasteiger partial charge in [0.25, 0.3) is 0 Å². The van der Waals surface area contributed by atoms with Gasteiger partial charge in [-0.2, -0.15) is 0 Å². The van der Waals surface area contributed by atoms with Gasteiger partial charge in [-0.3, -0.25) is 4.79 Å². The largest absolute Gasteiger partial charge is 0.495 e. The van der Waals surface area contributed by atoms with Crippen molar-refractivity contribution in [3.8, 4) is 5.75 Å². The summed E-state index contributed by atoms with van der Waals surface area (Å²) in [6, 6.07) is 15.4. The molecule has 2 aromatic carbocycles. The molecule has 0 saturated carbocycles. The normalized spacial score (nSPS) is 11.6. The van der Waals surface area contributed by atoms with Crippen LogP contribution in [0.3, 0.4) is 0 Å². The maximum atomic E-state index is 12.4. The highest BCUT2D eigenvalue weighted by molar-refractivity contribution is 5.97. The van der Waals surface area contributed by atoms with Gasteiger partial charge in [0.05, 0.1) is 12.8 Å². The molecule has 0 aromatic heterocycles. The van der Waals surface area contributed by atoms with Crippen molar-refractivity contribution in [2.45, 2.75) is 45.6 Å². The predicted octanol–water partition coefficient (Wildman–Crippen LogP) is 4.87. The number of unbranched alkanes of at least 4 members (excludes halogenated alkanes) is 2. The van der Waals surface area contributed by atoms with Gasteiger partial charge >= 0.3 is 0 Å². The second-order valence-corrected chi connectivity index (χ2v) is 6.21. The standard InChI is InChI=1S/C21H28N2O2/c1-4-5-6-9-17-12-14-18(15-13-17)22-16(2)21(24)23-19-10-7-8-11-20(19)25-3/h7-8,10-16,22H,4-6,9H2,1-3H3,(H,23,24)/t16-/m0/s1. The van der Waals surface area contributed by atoms with E-state index in [-0.39, 0.29) is 11.9 Å². The van der Waals surface area contributed by atoms with Gasteiger partial charge in [0.2, 0.25) is 5.91 Å². The number of anilines is 2. The van der Waals surface area contributed by atoms with Crippen molar-refractivity contribution in [1.82, 2.24) is 0 Å². The first-order valence-electron chi connectivity index (χ1n) is 8.93. The molecule has 0 aliphatic rings. The minimum Gasteiger partial charge on any atom is -0.495 e. The molecule has 25 heavy (non-hydrogen) atoms. The quantitative estimate of drug-likeness (QED) is 0.641. The van der Waals surface area contributed by atoms with Crippen LogP contribution in [0.5, 0.6) is 5.75 Å². The molecule has 2 rings (SSSR count). The molecule has 0 unspecified atom stereocenters. The predicted molar refractivity (Wildman–Crippen MR) is 104 cm³/mol. The molecular formula is C21H28N2O2. The monoisotopic (exact) mass is 340 g/mol. The number of nitrogens with one attached hydrogen (secondary N) is 2. The molecule has 1 amide bonds. The van der Waals surface area contributed by atoms with E-state index in [1.54, 1.807) is 7.11 Å². The molecule has 0 aliphatic carbocycles. The lowest BCUT2D eigenvalue weighted by atomic mass is 10.1. The number of benzene rings is 2. The molecule has 4 heteroatoms. The van der Waals surface area contributed by atoms with E-state index in [0.717, 1.165) is 12.1 Å². The number of carbonyl (C=O) groups is 1. The van der Waals surface area contributed by atoms with Crippen molar-refractivity contribution in [2.75, 3.05) is 17.7 Å². The summed E-state index contributed by atoms with van der Waals surface area (Å²) in [5.74, 6) is 0.552. The Morgan fingerprint density at radius 3 is 2.48 bits per heavy atom. The summed E-state index contributed by atoms with van der Waals surface area (Å²) in [4.78, 5) is 12.4. The van der Waals surface area contributed by atoms with Crippen LogP contribution in [0.1, 0.15) is 38.7 Å². The molecule has 0 fully saturated rings. The number of amides is 1. The lowest BCUT2D eigenvalue weighted by molar-refractivity contribution is -0.116. The molecule has 0 spiro atoms. The molecule has 1 atom stereocenters. The number of aryl methyl sites for hydroxylation is 1. The highest BCUT2D eigenvalue weighted by Gasteiger charge is 2.14. The van der Waals surface area contributed by atoms with E-state index in [1.165, 1.54) is 24.8 Å². The minimum atomic E-state index is -0.351. The van der Waals surface area contributed by atoms with Crippen molar-refractivity contribution < 1.29 is 9.53 Å². The third-order valence-electron chi connectivity index (χ3n) is 4.16. The summed E-state index contributed by atoms with van der Waals surface area (Å²) in [6.45, 7) is 4.06. The third-order valence-corrected chi connectivity index (χ3v) is 4.16. The number of hydrogen-bond donors (Lipinski definition) is 2. The van der Waals surface area contributed by atoms with E-state index in [4.69, 9.17) is 4.74 Å². The second kappa shape index (κ2) is 9.72. The Kier molecular flexibility index (Phi) is 7.33. The van der Waals surface area contributed by atoms with E-state index in [2.05, 4.69) is 29.7 Å². The molecule has 0 aliphatic heterocycles. The van der Waals surface area contributed by atoms with E-state index >= 15 is 0 Å². The van der Waals surface area contributed by atoms with Crippen molar-refractivity contribution in [3.05, 3.63) is 54.1 Å². The van der Waals surface area contributed by atoms with E-state index in [1.807, 2.05) is 43.3 Å². The van der Waals surface area contributed by atoms with Crippen LogP contribution in [0.25, 0.3) is 0 Å².